The minimum atomic E-state index is 1.47. The summed E-state index contributed by atoms with van der Waals surface area (Å²) in [5.41, 5.74) is 0. The van der Waals surface area contributed by atoms with Crippen LogP contribution in [0.3, 0.4) is 0 Å². The summed E-state index contributed by atoms with van der Waals surface area (Å²) < 4.78 is 0. The van der Waals surface area contributed by atoms with E-state index in [-0.39, 0.29) is 0 Å². The summed E-state index contributed by atoms with van der Waals surface area (Å²) in [4.78, 5) is 0. The Kier molecular flexibility index (Phi) is 37.5. The van der Waals surface area contributed by atoms with Gasteiger partial charge in [0.1, 0.15) is 0 Å². The average molecular weight is 126 g/mol. The van der Waals surface area contributed by atoms with Crippen LogP contribution in [0.2, 0.25) is 0 Å². The monoisotopic (exact) mass is 126 g/mol. The van der Waals surface area contributed by atoms with E-state index in [1.165, 1.54) is 19.4 Å². The fourth-order valence-corrected chi connectivity index (χ4v) is 0. The van der Waals surface area contributed by atoms with Gasteiger partial charge in [0, 0.05) is 0 Å². The van der Waals surface area contributed by atoms with Crippen molar-refractivity contribution in [2.24, 2.45) is 0 Å². The Morgan fingerprint density at radius 1 is 1.40 bits per heavy atom. The predicted octanol–water partition coefficient (Wildman–Crippen LogP) is 1.92. The van der Waals surface area contributed by atoms with Crippen LogP contribution in [-0.4, -0.2) is 0 Å². The topological polar surface area (TPSA) is 0 Å². The second-order valence-corrected chi connectivity index (χ2v) is 0.577. The molecule has 0 N–H and O–H groups in total. The number of hydrogen-bond donors (Lipinski definition) is 0. The third-order valence-corrected chi connectivity index (χ3v) is 0. The first kappa shape index (κ1) is 9.38. The summed E-state index contributed by atoms with van der Waals surface area (Å²) >= 11 is 1.47. The molecule has 0 fully saturated rings. The summed E-state index contributed by atoms with van der Waals surface area (Å²) in [5.74, 6) is 0. The van der Waals surface area contributed by atoms with E-state index in [4.69, 9.17) is 0 Å². The molecule has 0 amide bonds. The van der Waals surface area contributed by atoms with Crippen LogP contribution < -0.4 is 0 Å². The van der Waals surface area contributed by atoms with Crippen LogP contribution in [0.1, 0.15) is 13.8 Å². The first-order chi connectivity index (χ1) is 2.41. The van der Waals surface area contributed by atoms with Crippen molar-refractivity contribution in [3.8, 4) is 0 Å². The molecule has 0 aliphatic heterocycles. The van der Waals surface area contributed by atoms with Crippen LogP contribution in [0, 0.1) is 6.42 Å². The normalized spacial score (nSPS) is 4.40. The molecule has 0 saturated carbocycles. The molecule has 0 aromatic carbocycles. The van der Waals surface area contributed by atoms with Gasteiger partial charge in [0.15, 0.2) is 0 Å². The third kappa shape index (κ3) is 44.8. The third-order valence-electron chi connectivity index (χ3n) is 0. The molecule has 0 aliphatic carbocycles. The molecule has 30 valence electrons. The number of halogens is 1. The second-order valence-electron chi connectivity index (χ2n) is 0.577. The summed E-state index contributed by atoms with van der Waals surface area (Å²) in [6.45, 7) is 4.00. The zero-order valence-electron chi connectivity index (χ0n) is 3.46. The van der Waals surface area contributed by atoms with E-state index in [1.807, 2.05) is 20.3 Å². The fraction of sp³-hybridized carbons (Fsp3) is 0.667. The van der Waals surface area contributed by atoms with Crippen molar-refractivity contribution >= 4 is 9.30 Å². The summed E-state index contributed by atoms with van der Waals surface area (Å²) in [5, 5.41) is 0. The van der Waals surface area contributed by atoms with E-state index in [1.54, 1.807) is 0 Å². The van der Waals surface area contributed by atoms with Gasteiger partial charge in [-0.15, -0.1) is 0 Å². The van der Waals surface area contributed by atoms with E-state index < -0.39 is 0 Å². The molecule has 0 atom stereocenters. The van der Waals surface area contributed by atoms with Gasteiger partial charge in [0.25, 0.3) is 0 Å². The number of hydrogen-bond acceptors (Lipinski definition) is 0. The molecule has 0 spiro atoms. The Morgan fingerprint density at radius 3 is 1.40 bits per heavy atom. The summed E-state index contributed by atoms with van der Waals surface area (Å²) in [6.07, 6.45) is 2.00. The van der Waals surface area contributed by atoms with Gasteiger partial charge in [0.05, 0.1) is 0 Å². The molecule has 0 nitrogen and oxygen atoms in total. The summed E-state index contributed by atoms with van der Waals surface area (Å²) in [6, 6.07) is 0. The van der Waals surface area contributed by atoms with Crippen LogP contribution >= 0.6 is 9.30 Å². The van der Waals surface area contributed by atoms with Crippen molar-refractivity contribution in [1.29, 1.82) is 0 Å². The van der Waals surface area contributed by atoms with Gasteiger partial charge in [-0.2, -0.15) is 13.8 Å². The molecule has 0 aromatic rings. The van der Waals surface area contributed by atoms with E-state index in [0.717, 1.165) is 0 Å². The van der Waals surface area contributed by atoms with Crippen LogP contribution in [0.4, 0.5) is 0 Å². The van der Waals surface area contributed by atoms with Crippen molar-refractivity contribution in [2.75, 3.05) is 0 Å². The van der Waals surface area contributed by atoms with Crippen molar-refractivity contribution in [1.82, 2.24) is 0 Å². The molecule has 0 heterocycles. The van der Waals surface area contributed by atoms with Crippen LogP contribution in [0.5, 0.6) is 0 Å². The Labute approximate surface area is 49.2 Å². The maximum atomic E-state index is 4.64. The average Bonchev–Trinajstić information content (AvgIpc) is 1.46. The van der Waals surface area contributed by atoms with E-state index in [0.29, 0.717) is 0 Å². The van der Waals surface area contributed by atoms with Crippen LogP contribution in [0.25, 0.3) is 0 Å². The van der Waals surface area contributed by atoms with Crippen LogP contribution in [0.15, 0.2) is 0 Å². The standard InChI is InChI=1S/C3H7.ClH.Ti/c1-3-2;;/h3H,1-2H3;1H;/q-1;;+2/p-1. The molecule has 0 aromatic heterocycles. The number of rotatable bonds is 0. The van der Waals surface area contributed by atoms with Crippen molar-refractivity contribution in [3.63, 3.8) is 0 Å². The van der Waals surface area contributed by atoms with Crippen molar-refractivity contribution < 1.29 is 19.4 Å². The molecule has 0 saturated heterocycles. The zero-order chi connectivity index (χ0) is 4.71. The van der Waals surface area contributed by atoms with Gasteiger partial charge in [0.2, 0.25) is 0 Å². The Hall–Kier alpha value is 1.00. The molecule has 2 heteroatoms. The molecule has 0 unspecified atom stereocenters. The van der Waals surface area contributed by atoms with Crippen molar-refractivity contribution in [3.05, 3.63) is 6.42 Å². The summed E-state index contributed by atoms with van der Waals surface area (Å²) in [7, 11) is 4.64. The Bertz CT molecular complexity index is 6.85. The maximum absolute atomic E-state index is 4.64. The van der Waals surface area contributed by atoms with E-state index >= 15 is 0 Å². The molecule has 0 rings (SSSR count). The van der Waals surface area contributed by atoms with Gasteiger partial charge in [-0.1, -0.05) is 0 Å². The van der Waals surface area contributed by atoms with E-state index in [9.17, 15) is 0 Å². The Morgan fingerprint density at radius 2 is 1.40 bits per heavy atom. The van der Waals surface area contributed by atoms with Gasteiger partial charge >= 0.3 is 28.7 Å². The van der Waals surface area contributed by atoms with Crippen molar-refractivity contribution in [2.45, 2.75) is 13.8 Å². The van der Waals surface area contributed by atoms with Gasteiger partial charge in [-0.05, 0) is 0 Å². The first-order valence-electron chi connectivity index (χ1n) is 1.34. The second kappa shape index (κ2) is 20.0. The first-order valence-corrected chi connectivity index (χ1v) is 3.49. The van der Waals surface area contributed by atoms with Gasteiger partial charge in [-0.3, -0.25) is 0 Å². The SMILES string of the molecule is C[CH-]C.[Cl][Ti+]. The Balaban J connectivity index is 0. The van der Waals surface area contributed by atoms with Gasteiger partial charge < -0.3 is 6.42 Å². The molecule has 0 radical (unpaired) electrons. The molecular weight excluding hydrogens is 119 g/mol. The van der Waals surface area contributed by atoms with Crippen LogP contribution in [-0.2, 0) is 19.4 Å². The fourth-order valence-electron chi connectivity index (χ4n) is 0. The molecule has 0 aliphatic rings. The minimum absolute atomic E-state index is 1.47. The molecular formula is C3H7ClTi. The predicted molar refractivity (Wildman–Crippen MR) is 21.5 cm³/mol. The zero-order valence-corrected chi connectivity index (χ0v) is 5.77. The van der Waals surface area contributed by atoms with E-state index in [2.05, 4.69) is 9.30 Å². The quantitative estimate of drug-likeness (QED) is 0.344. The molecule has 0 bridgehead atoms. The van der Waals surface area contributed by atoms with Gasteiger partial charge in [-0.25, -0.2) is 0 Å². The molecule has 5 heavy (non-hydrogen) atoms.